The molecule has 4 aliphatic carbocycles. The fourth-order valence-electron chi connectivity index (χ4n) is 8.76. The minimum atomic E-state index is -0.186. The molecule has 3 saturated carbocycles. The molecule has 2 heteroatoms. The van der Waals surface area contributed by atoms with E-state index in [-0.39, 0.29) is 11.5 Å². The van der Waals surface area contributed by atoms with E-state index in [1.807, 2.05) is 0 Å². The maximum absolute atomic E-state index is 10.6. The van der Waals surface area contributed by atoms with Crippen LogP contribution < -0.4 is 0 Å². The monoisotopic (exact) mass is 402 g/mol. The van der Waals surface area contributed by atoms with E-state index in [1.165, 1.54) is 56.9 Å². The van der Waals surface area contributed by atoms with Crippen molar-refractivity contribution in [3.05, 3.63) is 11.6 Å². The smallest absolute Gasteiger partial charge is 0.0577 e. The van der Waals surface area contributed by atoms with Crippen LogP contribution in [-0.4, -0.2) is 22.9 Å². The van der Waals surface area contributed by atoms with Crippen LogP contribution in [0.25, 0.3) is 0 Å². The summed E-state index contributed by atoms with van der Waals surface area (Å²) in [4.78, 5) is 0. The highest BCUT2D eigenvalue weighted by atomic mass is 16.3. The van der Waals surface area contributed by atoms with Crippen LogP contribution in [0.3, 0.4) is 0 Å². The largest absolute Gasteiger partial charge is 0.395 e. The molecule has 2 nitrogen and oxygen atoms in total. The molecule has 8 atom stereocenters. The molecule has 0 aromatic heterocycles. The van der Waals surface area contributed by atoms with Gasteiger partial charge in [0.05, 0.1) is 12.7 Å². The molecule has 3 fully saturated rings. The molecule has 0 spiro atoms. The highest BCUT2D eigenvalue weighted by Gasteiger charge is 2.60. The van der Waals surface area contributed by atoms with Crippen LogP contribution in [0.4, 0.5) is 0 Å². The third-order valence-electron chi connectivity index (χ3n) is 10.3. The van der Waals surface area contributed by atoms with Gasteiger partial charge in [-0.2, -0.15) is 0 Å². The second-order valence-electron chi connectivity index (χ2n) is 12.1. The van der Waals surface area contributed by atoms with Crippen molar-refractivity contribution < 1.29 is 10.2 Å². The first kappa shape index (κ1) is 21.9. The summed E-state index contributed by atoms with van der Waals surface area (Å²) in [6, 6.07) is 0. The number of allylic oxidation sites excluding steroid dienone is 1. The third kappa shape index (κ3) is 3.65. The molecule has 4 aliphatic rings. The van der Waals surface area contributed by atoms with E-state index < -0.39 is 0 Å². The second-order valence-corrected chi connectivity index (χ2v) is 12.1. The molecule has 0 bridgehead atoms. The number of rotatable bonds is 6. The summed E-state index contributed by atoms with van der Waals surface area (Å²) >= 11 is 0. The highest BCUT2D eigenvalue weighted by Crippen LogP contribution is 2.67. The van der Waals surface area contributed by atoms with Crippen LogP contribution in [0, 0.1) is 46.3 Å². The fourth-order valence-corrected chi connectivity index (χ4v) is 8.76. The topological polar surface area (TPSA) is 40.5 Å². The summed E-state index contributed by atoms with van der Waals surface area (Å²) < 4.78 is 0. The number of aliphatic hydroxyl groups is 2. The van der Waals surface area contributed by atoms with Gasteiger partial charge in [0.25, 0.3) is 0 Å². The SMILES string of the molecule is CC(C)CCC[C@@H](C)C1CCC2C3CC=C4C[C@@H](O)CC[C@]4(CO)C3CC[C@@]21C. The molecule has 0 aromatic carbocycles. The van der Waals surface area contributed by atoms with Crippen molar-refractivity contribution in [1.82, 2.24) is 0 Å². The number of aliphatic hydroxyl groups excluding tert-OH is 2. The molecule has 0 amide bonds. The Morgan fingerprint density at radius 3 is 2.55 bits per heavy atom. The Hall–Kier alpha value is -0.340. The minimum Gasteiger partial charge on any atom is -0.395 e. The normalized spacial score (nSPS) is 45.3. The molecule has 0 aliphatic heterocycles. The Morgan fingerprint density at radius 2 is 1.83 bits per heavy atom. The van der Waals surface area contributed by atoms with Crippen LogP contribution in [0.5, 0.6) is 0 Å². The second kappa shape index (κ2) is 8.30. The molecule has 0 aromatic rings. The predicted octanol–water partition coefficient (Wildman–Crippen LogP) is 6.36. The van der Waals surface area contributed by atoms with E-state index in [1.54, 1.807) is 0 Å². The van der Waals surface area contributed by atoms with Crippen LogP contribution in [0.15, 0.2) is 11.6 Å². The van der Waals surface area contributed by atoms with Gasteiger partial charge < -0.3 is 10.2 Å². The average Bonchev–Trinajstić information content (AvgIpc) is 3.04. The zero-order valence-corrected chi connectivity index (χ0v) is 19.5. The first-order valence-corrected chi connectivity index (χ1v) is 12.8. The standard InChI is InChI=1S/C27H46O2/c1-18(2)6-5-7-19(3)23-10-11-24-22-9-8-20-16-21(29)12-15-27(20,17-28)25(22)13-14-26(23,24)4/h8,18-19,21-25,28-29H,5-7,9-17H2,1-4H3/t19-,21+,22?,23?,24?,25?,26-,27-/m1/s1. The molecule has 166 valence electrons. The lowest BCUT2D eigenvalue weighted by Crippen LogP contribution is -2.53. The molecule has 2 N–H and O–H groups in total. The molecule has 0 heterocycles. The quantitative estimate of drug-likeness (QED) is 0.507. The third-order valence-corrected chi connectivity index (χ3v) is 10.3. The molecule has 4 rings (SSSR count). The summed E-state index contributed by atoms with van der Waals surface area (Å²) in [5.41, 5.74) is 1.90. The van der Waals surface area contributed by atoms with E-state index in [0.717, 1.165) is 48.9 Å². The lowest BCUT2D eigenvalue weighted by molar-refractivity contribution is -0.0795. The number of fused-ring (bicyclic) bond motifs is 5. The Morgan fingerprint density at radius 1 is 1.03 bits per heavy atom. The maximum atomic E-state index is 10.6. The molecule has 4 unspecified atom stereocenters. The van der Waals surface area contributed by atoms with E-state index in [9.17, 15) is 10.2 Å². The van der Waals surface area contributed by atoms with Crippen molar-refractivity contribution in [2.45, 2.75) is 104 Å². The van der Waals surface area contributed by atoms with Crippen molar-refractivity contribution in [3.8, 4) is 0 Å². The van der Waals surface area contributed by atoms with E-state index in [0.29, 0.717) is 17.9 Å². The number of hydrogen-bond acceptors (Lipinski definition) is 2. The van der Waals surface area contributed by atoms with Crippen molar-refractivity contribution in [2.75, 3.05) is 6.61 Å². The van der Waals surface area contributed by atoms with Crippen molar-refractivity contribution in [3.63, 3.8) is 0 Å². The van der Waals surface area contributed by atoms with Gasteiger partial charge in [0.2, 0.25) is 0 Å². The Kier molecular flexibility index (Phi) is 6.26. The van der Waals surface area contributed by atoms with Gasteiger partial charge in [-0.1, -0.05) is 58.6 Å². The van der Waals surface area contributed by atoms with Gasteiger partial charge in [-0.15, -0.1) is 0 Å². The zero-order chi connectivity index (χ0) is 20.8. The van der Waals surface area contributed by atoms with Gasteiger partial charge in [-0.05, 0) is 92.3 Å². The summed E-state index contributed by atoms with van der Waals surface area (Å²) in [6.07, 6.45) is 15.8. The van der Waals surface area contributed by atoms with Crippen LogP contribution in [-0.2, 0) is 0 Å². The minimum absolute atomic E-state index is 0.00948. The van der Waals surface area contributed by atoms with Gasteiger partial charge in [0.15, 0.2) is 0 Å². The summed E-state index contributed by atoms with van der Waals surface area (Å²) in [6.45, 7) is 10.2. The van der Waals surface area contributed by atoms with Crippen molar-refractivity contribution in [1.29, 1.82) is 0 Å². The molecular weight excluding hydrogens is 356 g/mol. The van der Waals surface area contributed by atoms with Gasteiger partial charge in [0.1, 0.15) is 0 Å². The Bertz CT molecular complexity index is 610. The first-order valence-electron chi connectivity index (χ1n) is 12.8. The fraction of sp³-hybridized carbons (Fsp3) is 0.926. The van der Waals surface area contributed by atoms with Crippen LogP contribution >= 0.6 is 0 Å². The van der Waals surface area contributed by atoms with Gasteiger partial charge in [-0.25, -0.2) is 0 Å². The lowest BCUT2D eigenvalue weighted by atomic mass is 9.46. The van der Waals surface area contributed by atoms with Crippen molar-refractivity contribution >= 4 is 0 Å². The van der Waals surface area contributed by atoms with Crippen LogP contribution in [0.1, 0.15) is 98.3 Å². The van der Waals surface area contributed by atoms with Gasteiger partial charge in [0, 0.05) is 5.41 Å². The number of hydrogen-bond donors (Lipinski definition) is 2. The van der Waals surface area contributed by atoms with Crippen molar-refractivity contribution in [2.24, 2.45) is 46.3 Å². The average molecular weight is 403 g/mol. The van der Waals surface area contributed by atoms with E-state index in [2.05, 4.69) is 33.8 Å². The van der Waals surface area contributed by atoms with Gasteiger partial charge in [-0.3, -0.25) is 0 Å². The maximum Gasteiger partial charge on any atom is 0.0577 e. The highest BCUT2D eigenvalue weighted by molar-refractivity contribution is 5.26. The summed E-state index contributed by atoms with van der Waals surface area (Å²) in [7, 11) is 0. The first-order chi connectivity index (χ1) is 13.8. The van der Waals surface area contributed by atoms with E-state index >= 15 is 0 Å². The Balaban J connectivity index is 1.51. The lowest BCUT2D eigenvalue weighted by Gasteiger charge is -2.59. The summed E-state index contributed by atoms with van der Waals surface area (Å²) in [5.74, 6) is 4.82. The molecule has 0 radical (unpaired) electrons. The Labute approximate surface area is 179 Å². The predicted molar refractivity (Wildman–Crippen MR) is 120 cm³/mol. The van der Waals surface area contributed by atoms with E-state index in [4.69, 9.17) is 0 Å². The zero-order valence-electron chi connectivity index (χ0n) is 19.5. The summed E-state index contributed by atoms with van der Waals surface area (Å²) in [5, 5.41) is 20.8. The molecular formula is C27H46O2. The molecule has 0 saturated heterocycles. The van der Waals surface area contributed by atoms with Crippen LogP contribution in [0.2, 0.25) is 0 Å². The van der Waals surface area contributed by atoms with Gasteiger partial charge >= 0.3 is 0 Å². The molecule has 29 heavy (non-hydrogen) atoms.